The molecule has 0 N–H and O–H groups in total. The Labute approximate surface area is 104 Å². The summed E-state index contributed by atoms with van der Waals surface area (Å²) in [5, 5.41) is 0. The number of hydrogen-bond acceptors (Lipinski definition) is 2. The second-order valence-corrected chi connectivity index (χ2v) is 5.45. The van der Waals surface area contributed by atoms with Crippen LogP contribution < -0.4 is 0 Å². The predicted octanol–water partition coefficient (Wildman–Crippen LogP) is 1.81. The summed E-state index contributed by atoms with van der Waals surface area (Å²) in [6, 6.07) is 0.218. The molecule has 4 heteroatoms. The smallest absolute Gasteiger partial charge is 0.320 e. The van der Waals surface area contributed by atoms with Gasteiger partial charge in [0.1, 0.15) is 0 Å². The van der Waals surface area contributed by atoms with Gasteiger partial charge in [-0.25, -0.2) is 4.79 Å². The lowest BCUT2D eigenvalue weighted by molar-refractivity contribution is 0.0390. The minimum absolute atomic E-state index is 0.218. The summed E-state index contributed by atoms with van der Waals surface area (Å²) in [5.41, 5.74) is 0. The molecule has 2 saturated heterocycles. The molecule has 2 amide bonds. The zero-order valence-corrected chi connectivity index (χ0v) is 11.0. The molecule has 0 atom stereocenters. The molecule has 17 heavy (non-hydrogen) atoms. The Bertz CT molecular complexity index is 254. The molecule has 2 aliphatic heterocycles. The van der Waals surface area contributed by atoms with Gasteiger partial charge in [0, 0.05) is 26.2 Å². The number of hydrogen-bond donors (Lipinski definition) is 0. The number of morpholine rings is 1. The highest BCUT2D eigenvalue weighted by Gasteiger charge is 2.28. The van der Waals surface area contributed by atoms with E-state index in [4.69, 9.17) is 4.74 Å². The highest BCUT2D eigenvalue weighted by molar-refractivity contribution is 5.74. The number of rotatable bonds is 1. The fourth-order valence-corrected chi connectivity index (χ4v) is 2.71. The van der Waals surface area contributed by atoms with Gasteiger partial charge in [0.15, 0.2) is 0 Å². The number of amides is 2. The molecular formula is C13H24N2O2. The van der Waals surface area contributed by atoms with Crippen molar-refractivity contribution in [2.24, 2.45) is 11.8 Å². The van der Waals surface area contributed by atoms with Crippen LogP contribution in [0.3, 0.4) is 0 Å². The van der Waals surface area contributed by atoms with Crippen molar-refractivity contribution in [2.75, 3.05) is 39.4 Å². The third-order valence-corrected chi connectivity index (χ3v) is 4.03. The Morgan fingerprint density at radius 2 is 1.59 bits per heavy atom. The van der Waals surface area contributed by atoms with Gasteiger partial charge in [0.2, 0.25) is 0 Å². The van der Waals surface area contributed by atoms with Crippen LogP contribution in [-0.4, -0.2) is 55.2 Å². The van der Waals surface area contributed by atoms with E-state index in [1.165, 1.54) is 0 Å². The fraction of sp³-hybridized carbons (Fsp3) is 0.923. The van der Waals surface area contributed by atoms with Gasteiger partial charge in [-0.05, 0) is 24.7 Å². The normalized spacial score (nSPS) is 23.2. The molecule has 0 saturated carbocycles. The third-order valence-electron chi connectivity index (χ3n) is 4.03. The molecular weight excluding hydrogens is 216 g/mol. The zero-order valence-electron chi connectivity index (χ0n) is 11.0. The summed E-state index contributed by atoms with van der Waals surface area (Å²) < 4.78 is 5.27. The van der Waals surface area contributed by atoms with Gasteiger partial charge in [-0.15, -0.1) is 0 Å². The van der Waals surface area contributed by atoms with Gasteiger partial charge >= 0.3 is 6.03 Å². The molecule has 4 nitrogen and oxygen atoms in total. The van der Waals surface area contributed by atoms with Crippen molar-refractivity contribution in [2.45, 2.75) is 26.7 Å². The number of urea groups is 1. The molecule has 0 radical (unpaired) electrons. The minimum atomic E-state index is 0.218. The summed E-state index contributed by atoms with van der Waals surface area (Å²) in [6.07, 6.45) is 2.32. The van der Waals surface area contributed by atoms with Gasteiger partial charge in [-0.1, -0.05) is 13.8 Å². The van der Waals surface area contributed by atoms with Crippen LogP contribution in [0.2, 0.25) is 0 Å². The average Bonchev–Trinajstić information content (AvgIpc) is 2.39. The first-order valence-electron chi connectivity index (χ1n) is 6.80. The first-order chi connectivity index (χ1) is 8.18. The van der Waals surface area contributed by atoms with E-state index in [9.17, 15) is 4.79 Å². The lowest BCUT2D eigenvalue weighted by Crippen LogP contribution is -2.50. The lowest BCUT2D eigenvalue weighted by Gasteiger charge is -2.38. The molecule has 98 valence electrons. The Hall–Kier alpha value is -0.770. The molecule has 0 aromatic heterocycles. The number of likely N-dealkylation sites (tertiary alicyclic amines) is 1. The standard InChI is InChI=1S/C13H24N2O2/c1-11(2)12-3-5-14(6-4-12)13(16)15-7-9-17-10-8-15/h11-12H,3-10H2,1-2H3. The molecule has 0 bridgehead atoms. The molecule has 2 fully saturated rings. The summed E-state index contributed by atoms with van der Waals surface area (Å²) in [5.74, 6) is 1.54. The summed E-state index contributed by atoms with van der Waals surface area (Å²) in [4.78, 5) is 16.2. The Balaban J connectivity index is 1.81. The highest BCUT2D eigenvalue weighted by atomic mass is 16.5. The van der Waals surface area contributed by atoms with Gasteiger partial charge in [0.25, 0.3) is 0 Å². The highest BCUT2D eigenvalue weighted by Crippen LogP contribution is 2.25. The van der Waals surface area contributed by atoms with Crippen LogP contribution in [0, 0.1) is 11.8 Å². The monoisotopic (exact) mass is 240 g/mol. The van der Waals surface area contributed by atoms with E-state index in [1.54, 1.807) is 0 Å². The topological polar surface area (TPSA) is 32.8 Å². The van der Waals surface area contributed by atoms with Gasteiger partial charge in [0.05, 0.1) is 13.2 Å². The average molecular weight is 240 g/mol. The number of piperidine rings is 1. The van der Waals surface area contributed by atoms with Crippen LogP contribution in [0.5, 0.6) is 0 Å². The van der Waals surface area contributed by atoms with Crippen LogP contribution >= 0.6 is 0 Å². The molecule has 0 aromatic carbocycles. The Kier molecular flexibility index (Phi) is 4.26. The maximum absolute atomic E-state index is 12.2. The van der Waals surface area contributed by atoms with Gasteiger partial charge in [-0.2, -0.15) is 0 Å². The summed E-state index contributed by atoms with van der Waals surface area (Å²) in [7, 11) is 0. The second-order valence-electron chi connectivity index (χ2n) is 5.45. The maximum Gasteiger partial charge on any atom is 0.320 e. The predicted molar refractivity (Wildman–Crippen MR) is 66.9 cm³/mol. The maximum atomic E-state index is 12.2. The quantitative estimate of drug-likeness (QED) is 0.700. The molecule has 2 rings (SSSR count). The Morgan fingerprint density at radius 1 is 1.06 bits per heavy atom. The Morgan fingerprint density at radius 3 is 2.12 bits per heavy atom. The van der Waals surface area contributed by atoms with E-state index in [0.29, 0.717) is 13.2 Å². The van der Waals surface area contributed by atoms with Crippen molar-refractivity contribution in [3.8, 4) is 0 Å². The van der Waals surface area contributed by atoms with Gasteiger partial charge < -0.3 is 14.5 Å². The van der Waals surface area contributed by atoms with E-state index >= 15 is 0 Å². The molecule has 0 aromatic rings. The van der Waals surface area contributed by atoms with Crippen molar-refractivity contribution in [1.82, 2.24) is 9.80 Å². The van der Waals surface area contributed by atoms with E-state index in [-0.39, 0.29) is 6.03 Å². The fourth-order valence-electron chi connectivity index (χ4n) is 2.71. The largest absolute Gasteiger partial charge is 0.378 e. The van der Waals surface area contributed by atoms with E-state index in [1.807, 2.05) is 9.80 Å². The van der Waals surface area contributed by atoms with Crippen molar-refractivity contribution < 1.29 is 9.53 Å². The van der Waals surface area contributed by atoms with Crippen LogP contribution in [-0.2, 0) is 4.74 Å². The zero-order chi connectivity index (χ0) is 12.3. The van der Waals surface area contributed by atoms with Crippen molar-refractivity contribution >= 4 is 6.03 Å². The molecule has 0 aliphatic carbocycles. The molecule has 2 heterocycles. The number of carbonyl (C=O) groups excluding carboxylic acids is 1. The lowest BCUT2D eigenvalue weighted by atomic mass is 9.87. The van der Waals surface area contributed by atoms with Crippen molar-refractivity contribution in [3.63, 3.8) is 0 Å². The van der Waals surface area contributed by atoms with Crippen LogP contribution in [0.1, 0.15) is 26.7 Å². The SMILES string of the molecule is CC(C)C1CCN(C(=O)N2CCOCC2)CC1. The van der Waals surface area contributed by atoms with Crippen LogP contribution in [0.4, 0.5) is 4.79 Å². The molecule has 2 aliphatic rings. The number of nitrogens with zero attached hydrogens (tertiary/aromatic N) is 2. The minimum Gasteiger partial charge on any atom is -0.378 e. The number of ether oxygens (including phenoxy) is 1. The third kappa shape index (κ3) is 3.12. The summed E-state index contributed by atoms with van der Waals surface area (Å²) >= 11 is 0. The van der Waals surface area contributed by atoms with Crippen molar-refractivity contribution in [3.05, 3.63) is 0 Å². The summed E-state index contributed by atoms with van der Waals surface area (Å²) in [6.45, 7) is 9.31. The van der Waals surface area contributed by atoms with E-state index in [2.05, 4.69) is 13.8 Å². The van der Waals surface area contributed by atoms with Crippen LogP contribution in [0.15, 0.2) is 0 Å². The van der Waals surface area contributed by atoms with Crippen LogP contribution in [0.25, 0.3) is 0 Å². The first-order valence-corrected chi connectivity index (χ1v) is 6.80. The molecule has 0 unspecified atom stereocenters. The molecule has 0 spiro atoms. The van der Waals surface area contributed by atoms with Crippen molar-refractivity contribution in [1.29, 1.82) is 0 Å². The van der Waals surface area contributed by atoms with E-state index in [0.717, 1.165) is 50.9 Å². The van der Waals surface area contributed by atoms with E-state index < -0.39 is 0 Å². The number of carbonyl (C=O) groups is 1. The second kappa shape index (κ2) is 5.71. The van der Waals surface area contributed by atoms with Gasteiger partial charge in [-0.3, -0.25) is 0 Å². The first kappa shape index (κ1) is 12.7.